The summed E-state index contributed by atoms with van der Waals surface area (Å²) >= 11 is 1.64. The summed E-state index contributed by atoms with van der Waals surface area (Å²) in [7, 11) is 0. The van der Waals surface area contributed by atoms with E-state index in [1.807, 2.05) is 6.92 Å². The molecule has 118 valence electrons. The molecule has 2 aromatic heterocycles. The zero-order valence-electron chi connectivity index (χ0n) is 13.5. The second kappa shape index (κ2) is 6.24. The number of aromatic amines is 1. The molecule has 3 rings (SSSR count). The molecule has 0 amide bonds. The molecule has 0 aliphatic heterocycles. The molecule has 0 saturated heterocycles. The molecule has 1 fully saturated rings. The van der Waals surface area contributed by atoms with Gasteiger partial charge in [0.15, 0.2) is 10.9 Å². The Bertz CT molecular complexity index is 682. The zero-order valence-corrected chi connectivity index (χ0v) is 14.3. The molecule has 0 bridgehead atoms. The summed E-state index contributed by atoms with van der Waals surface area (Å²) in [5.41, 5.74) is 4.79. The first kappa shape index (κ1) is 15.3. The maximum atomic E-state index is 11.9. The lowest BCUT2D eigenvalue weighted by Gasteiger charge is -2.25. The molecule has 2 N–H and O–H groups in total. The highest BCUT2D eigenvalue weighted by Crippen LogP contribution is 2.32. The van der Waals surface area contributed by atoms with E-state index >= 15 is 0 Å². The Labute approximate surface area is 135 Å². The number of hydrogen-bond acceptors (Lipinski definition) is 4. The van der Waals surface area contributed by atoms with Gasteiger partial charge in [-0.2, -0.15) is 0 Å². The number of aromatic nitrogens is 2. The van der Waals surface area contributed by atoms with Gasteiger partial charge >= 0.3 is 0 Å². The van der Waals surface area contributed by atoms with Crippen LogP contribution in [0.25, 0.3) is 11.4 Å². The van der Waals surface area contributed by atoms with Gasteiger partial charge in [0.2, 0.25) is 0 Å². The number of rotatable bonds is 6. The molecule has 1 aliphatic carbocycles. The average Bonchev–Trinajstić information content (AvgIpc) is 3.00. The Morgan fingerprint density at radius 3 is 2.86 bits per heavy atom. The van der Waals surface area contributed by atoms with E-state index in [0.29, 0.717) is 0 Å². The molecule has 0 radical (unpaired) electrons. The minimum atomic E-state index is 0.121. The normalized spacial score (nSPS) is 14.9. The Morgan fingerprint density at radius 2 is 2.27 bits per heavy atom. The van der Waals surface area contributed by atoms with Crippen molar-refractivity contribution in [2.45, 2.75) is 46.5 Å². The lowest BCUT2D eigenvalue weighted by molar-refractivity contribution is 0.101. The van der Waals surface area contributed by atoms with Gasteiger partial charge in [0, 0.05) is 23.2 Å². The van der Waals surface area contributed by atoms with Crippen molar-refractivity contribution in [1.29, 1.82) is 0 Å². The van der Waals surface area contributed by atoms with Crippen molar-refractivity contribution in [3.8, 4) is 11.4 Å². The van der Waals surface area contributed by atoms with E-state index in [-0.39, 0.29) is 5.78 Å². The SMILES string of the molecule is CCc1c(-c2csc(NCC3CCC3)n2)[nH]c(C)c1C(C)=O. The van der Waals surface area contributed by atoms with E-state index < -0.39 is 0 Å². The molecule has 0 atom stereocenters. The number of nitrogens with one attached hydrogen (secondary N) is 2. The number of anilines is 1. The van der Waals surface area contributed by atoms with Crippen molar-refractivity contribution < 1.29 is 4.79 Å². The summed E-state index contributed by atoms with van der Waals surface area (Å²) in [6.07, 6.45) is 4.87. The van der Waals surface area contributed by atoms with Crippen LogP contribution in [0.2, 0.25) is 0 Å². The van der Waals surface area contributed by atoms with Crippen LogP contribution >= 0.6 is 11.3 Å². The molecule has 0 aromatic carbocycles. The van der Waals surface area contributed by atoms with Crippen molar-refractivity contribution >= 4 is 22.3 Å². The maximum Gasteiger partial charge on any atom is 0.183 e. The lowest BCUT2D eigenvalue weighted by atomic mass is 9.86. The molecule has 0 spiro atoms. The first-order valence-electron chi connectivity index (χ1n) is 8.02. The minimum Gasteiger partial charge on any atom is -0.361 e. The van der Waals surface area contributed by atoms with Crippen LogP contribution in [-0.2, 0) is 6.42 Å². The zero-order chi connectivity index (χ0) is 15.7. The van der Waals surface area contributed by atoms with Gasteiger partial charge in [-0.3, -0.25) is 4.79 Å². The highest BCUT2D eigenvalue weighted by atomic mass is 32.1. The molecular weight excluding hydrogens is 294 g/mol. The predicted molar refractivity (Wildman–Crippen MR) is 91.9 cm³/mol. The standard InChI is InChI=1S/C17H23N3OS/c1-4-13-15(11(3)21)10(2)19-16(13)14-9-22-17(20-14)18-8-12-6-5-7-12/h9,12,19H,4-8H2,1-3H3,(H,18,20). The average molecular weight is 317 g/mol. The predicted octanol–water partition coefficient (Wildman–Crippen LogP) is 4.42. The van der Waals surface area contributed by atoms with Crippen LogP contribution < -0.4 is 5.32 Å². The fraction of sp³-hybridized carbons (Fsp3) is 0.529. The van der Waals surface area contributed by atoms with Gasteiger partial charge in [0.05, 0.1) is 5.69 Å². The highest BCUT2D eigenvalue weighted by molar-refractivity contribution is 7.14. The molecule has 2 aromatic rings. The minimum absolute atomic E-state index is 0.121. The van der Waals surface area contributed by atoms with Crippen LogP contribution in [0.3, 0.4) is 0 Å². The van der Waals surface area contributed by atoms with Gasteiger partial charge in [-0.1, -0.05) is 13.3 Å². The highest BCUT2D eigenvalue weighted by Gasteiger charge is 2.20. The summed E-state index contributed by atoms with van der Waals surface area (Å²) in [6, 6.07) is 0. The third kappa shape index (κ3) is 2.82. The van der Waals surface area contributed by atoms with Crippen LogP contribution in [0.1, 0.15) is 54.7 Å². The summed E-state index contributed by atoms with van der Waals surface area (Å²) in [5.74, 6) is 0.936. The van der Waals surface area contributed by atoms with Crippen LogP contribution in [0.15, 0.2) is 5.38 Å². The van der Waals surface area contributed by atoms with E-state index in [1.54, 1.807) is 18.3 Å². The smallest absolute Gasteiger partial charge is 0.183 e. The monoisotopic (exact) mass is 317 g/mol. The summed E-state index contributed by atoms with van der Waals surface area (Å²) in [5, 5.41) is 6.48. The van der Waals surface area contributed by atoms with E-state index in [0.717, 1.165) is 52.2 Å². The van der Waals surface area contributed by atoms with E-state index in [1.165, 1.54) is 19.3 Å². The number of thiazole rings is 1. The molecule has 2 heterocycles. The molecule has 5 heteroatoms. The molecule has 22 heavy (non-hydrogen) atoms. The number of hydrogen-bond donors (Lipinski definition) is 2. The summed E-state index contributed by atoms with van der Waals surface area (Å²) < 4.78 is 0. The van der Waals surface area contributed by atoms with Crippen molar-refractivity contribution in [3.05, 3.63) is 22.2 Å². The fourth-order valence-electron chi connectivity index (χ4n) is 3.12. The topological polar surface area (TPSA) is 57.8 Å². The van der Waals surface area contributed by atoms with Crippen molar-refractivity contribution in [2.24, 2.45) is 5.92 Å². The van der Waals surface area contributed by atoms with Crippen LogP contribution in [0, 0.1) is 12.8 Å². The number of H-pyrrole nitrogens is 1. The lowest BCUT2D eigenvalue weighted by Crippen LogP contribution is -2.20. The number of carbonyl (C=O) groups is 1. The Morgan fingerprint density at radius 1 is 1.50 bits per heavy atom. The van der Waals surface area contributed by atoms with Gasteiger partial charge in [-0.15, -0.1) is 11.3 Å². The van der Waals surface area contributed by atoms with E-state index in [4.69, 9.17) is 4.98 Å². The molecule has 0 unspecified atom stereocenters. The summed E-state index contributed by atoms with van der Waals surface area (Å²) in [6.45, 7) is 6.70. The van der Waals surface area contributed by atoms with Gasteiger partial charge in [-0.05, 0) is 44.6 Å². The Kier molecular flexibility index (Phi) is 4.34. The number of nitrogens with zero attached hydrogens (tertiary/aromatic N) is 1. The van der Waals surface area contributed by atoms with Gasteiger partial charge in [0.25, 0.3) is 0 Å². The molecule has 4 nitrogen and oxygen atoms in total. The van der Waals surface area contributed by atoms with Crippen molar-refractivity contribution in [3.63, 3.8) is 0 Å². The first-order valence-corrected chi connectivity index (χ1v) is 8.90. The second-order valence-electron chi connectivity index (χ2n) is 6.10. The van der Waals surface area contributed by atoms with Crippen molar-refractivity contribution in [2.75, 3.05) is 11.9 Å². The number of aryl methyl sites for hydroxylation is 1. The largest absolute Gasteiger partial charge is 0.361 e. The third-order valence-corrected chi connectivity index (χ3v) is 5.32. The van der Waals surface area contributed by atoms with E-state index in [2.05, 4.69) is 22.6 Å². The first-order chi connectivity index (χ1) is 10.6. The Balaban J connectivity index is 1.83. The van der Waals surface area contributed by atoms with Gasteiger partial charge in [0.1, 0.15) is 5.69 Å². The third-order valence-electron chi connectivity index (χ3n) is 4.52. The quantitative estimate of drug-likeness (QED) is 0.775. The van der Waals surface area contributed by atoms with Gasteiger partial charge < -0.3 is 10.3 Å². The van der Waals surface area contributed by atoms with E-state index in [9.17, 15) is 4.79 Å². The summed E-state index contributed by atoms with van der Waals surface area (Å²) in [4.78, 5) is 19.9. The molecule has 1 saturated carbocycles. The van der Waals surface area contributed by atoms with Crippen LogP contribution in [0.5, 0.6) is 0 Å². The maximum absolute atomic E-state index is 11.9. The van der Waals surface area contributed by atoms with Crippen LogP contribution in [0.4, 0.5) is 5.13 Å². The second-order valence-corrected chi connectivity index (χ2v) is 6.96. The molecule has 1 aliphatic rings. The fourth-order valence-corrected chi connectivity index (χ4v) is 3.84. The van der Waals surface area contributed by atoms with Crippen LogP contribution in [-0.4, -0.2) is 22.3 Å². The Hall–Kier alpha value is -1.62. The number of Topliss-reactive ketones (excluding diaryl/α,β-unsaturated/α-hetero) is 1. The van der Waals surface area contributed by atoms with Crippen molar-refractivity contribution in [1.82, 2.24) is 9.97 Å². The number of carbonyl (C=O) groups excluding carboxylic acids is 1. The molecular formula is C17H23N3OS. The number of ketones is 1. The van der Waals surface area contributed by atoms with Gasteiger partial charge in [-0.25, -0.2) is 4.98 Å².